The number of fused-ring (bicyclic) bond motifs is 1. The Labute approximate surface area is 168 Å². The fourth-order valence-corrected chi connectivity index (χ4v) is 3.99. The Kier molecular flexibility index (Phi) is 5.34. The van der Waals surface area contributed by atoms with Crippen LogP contribution in [0.4, 0.5) is 0 Å². The summed E-state index contributed by atoms with van der Waals surface area (Å²) in [6, 6.07) is 15.9. The van der Waals surface area contributed by atoms with Crippen LogP contribution < -0.4 is 9.47 Å². The molecule has 1 aliphatic rings. The molecule has 0 N–H and O–H groups in total. The lowest BCUT2D eigenvalue weighted by Crippen LogP contribution is -2.21. The van der Waals surface area contributed by atoms with E-state index in [0.29, 0.717) is 13.2 Å². The van der Waals surface area contributed by atoms with Gasteiger partial charge in [0.2, 0.25) is 5.16 Å². The van der Waals surface area contributed by atoms with E-state index >= 15 is 0 Å². The second-order valence-electron chi connectivity index (χ2n) is 6.28. The molecule has 0 bridgehead atoms. The zero-order valence-corrected chi connectivity index (χ0v) is 16.9. The van der Waals surface area contributed by atoms with Crippen LogP contribution in [0.25, 0.3) is 11.4 Å². The molecular formula is C21H22N4O2S. The number of thioether (sulfide) groups is 1. The van der Waals surface area contributed by atoms with Crippen LogP contribution in [0.5, 0.6) is 11.5 Å². The average Bonchev–Trinajstić information content (AvgIpc) is 3.12. The van der Waals surface area contributed by atoms with Crippen molar-refractivity contribution in [1.29, 1.82) is 0 Å². The van der Waals surface area contributed by atoms with Crippen LogP contribution >= 0.6 is 11.8 Å². The molecule has 0 aliphatic carbocycles. The van der Waals surface area contributed by atoms with Gasteiger partial charge in [0.15, 0.2) is 5.82 Å². The monoisotopic (exact) mass is 394 g/mol. The molecule has 1 aromatic heterocycles. The van der Waals surface area contributed by atoms with E-state index in [0.717, 1.165) is 39.3 Å². The topological polar surface area (TPSA) is 61.5 Å². The van der Waals surface area contributed by atoms with E-state index in [4.69, 9.17) is 14.6 Å². The zero-order chi connectivity index (χ0) is 19.5. The standard InChI is InChI=1S/C21H22N4O2S/c1-4-26-17-10-6-15(7-11-17)19-14(3)28-21-23-22-20(25(21)24-19)16-8-12-18(13-9-16)27-5-2/h6-14H,4-5H2,1-3H3/t14-/m1/s1. The average molecular weight is 395 g/mol. The van der Waals surface area contributed by atoms with Crippen LogP contribution in [-0.4, -0.2) is 39.0 Å². The SMILES string of the molecule is CCOc1ccc(C2=Nn3c(nnc3-c3ccc(OCC)cc3)S[C@@H]2C)cc1. The number of nitrogens with zero attached hydrogens (tertiary/aromatic N) is 4. The predicted octanol–water partition coefficient (Wildman–Crippen LogP) is 4.49. The molecule has 7 heteroatoms. The van der Waals surface area contributed by atoms with Gasteiger partial charge in [-0.1, -0.05) is 11.8 Å². The molecule has 0 fully saturated rings. The normalized spacial score (nSPS) is 15.7. The molecule has 0 saturated carbocycles. The van der Waals surface area contributed by atoms with Crippen molar-refractivity contribution < 1.29 is 9.47 Å². The molecule has 0 radical (unpaired) electrons. The van der Waals surface area contributed by atoms with Crippen LogP contribution in [0.1, 0.15) is 26.3 Å². The molecule has 6 nitrogen and oxygen atoms in total. The minimum Gasteiger partial charge on any atom is -0.494 e. The second-order valence-corrected chi connectivity index (χ2v) is 7.59. The van der Waals surface area contributed by atoms with Crippen LogP contribution in [0, 0.1) is 0 Å². The van der Waals surface area contributed by atoms with Crippen molar-refractivity contribution in [2.45, 2.75) is 31.2 Å². The fourth-order valence-electron chi connectivity index (χ4n) is 3.06. The molecular weight excluding hydrogens is 372 g/mol. The second kappa shape index (κ2) is 8.06. The Hall–Kier alpha value is -2.80. The van der Waals surface area contributed by atoms with Crippen molar-refractivity contribution in [1.82, 2.24) is 14.9 Å². The highest BCUT2D eigenvalue weighted by Gasteiger charge is 2.26. The summed E-state index contributed by atoms with van der Waals surface area (Å²) in [5.41, 5.74) is 3.01. The molecule has 0 amide bonds. The van der Waals surface area contributed by atoms with E-state index < -0.39 is 0 Å². The van der Waals surface area contributed by atoms with Crippen LogP contribution in [0.2, 0.25) is 0 Å². The predicted molar refractivity (Wildman–Crippen MR) is 111 cm³/mol. The summed E-state index contributed by atoms with van der Waals surface area (Å²) in [6.45, 7) is 7.38. The highest BCUT2D eigenvalue weighted by Crippen LogP contribution is 2.33. The third-order valence-corrected chi connectivity index (χ3v) is 5.41. The van der Waals surface area contributed by atoms with Gasteiger partial charge in [-0.2, -0.15) is 9.78 Å². The van der Waals surface area contributed by atoms with E-state index in [1.54, 1.807) is 11.8 Å². The van der Waals surface area contributed by atoms with Gasteiger partial charge in [-0.25, -0.2) is 0 Å². The smallest absolute Gasteiger partial charge is 0.213 e. The highest BCUT2D eigenvalue weighted by atomic mass is 32.2. The minimum atomic E-state index is 0.183. The molecule has 2 heterocycles. The van der Waals surface area contributed by atoms with Crippen molar-refractivity contribution >= 4 is 17.5 Å². The summed E-state index contributed by atoms with van der Waals surface area (Å²) in [6.07, 6.45) is 0. The third kappa shape index (κ3) is 3.62. The summed E-state index contributed by atoms with van der Waals surface area (Å²) in [7, 11) is 0. The number of benzene rings is 2. The zero-order valence-electron chi connectivity index (χ0n) is 16.1. The molecule has 1 atom stereocenters. The van der Waals surface area contributed by atoms with E-state index in [9.17, 15) is 0 Å². The Morgan fingerprint density at radius 3 is 2.00 bits per heavy atom. The molecule has 0 spiro atoms. The van der Waals surface area contributed by atoms with Gasteiger partial charge in [0.25, 0.3) is 0 Å². The first-order valence-corrected chi connectivity index (χ1v) is 10.2. The van der Waals surface area contributed by atoms with Gasteiger partial charge in [-0.05, 0) is 74.9 Å². The van der Waals surface area contributed by atoms with Crippen LogP contribution in [-0.2, 0) is 0 Å². The number of aromatic nitrogens is 3. The Morgan fingerprint density at radius 2 is 1.43 bits per heavy atom. The van der Waals surface area contributed by atoms with Gasteiger partial charge in [0.1, 0.15) is 11.5 Å². The molecule has 144 valence electrons. The first-order chi connectivity index (χ1) is 13.7. The Bertz CT molecular complexity index is 981. The van der Waals surface area contributed by atoms with Crippen LogP contribution in [0.3, 0.4) is 0 Å². The number of ether oxygens (including phenoxy) is 2. The summed E-state index contributed by atoms with van der Waals surface area (Å²) in [4.78, 5) is 0. The van der Waals surface area contributed by atoms with Crippen molar-refractivity contribution in [2.24, 2.45) is 5.10 Å². The van der Waals surface area contributed by atoms with Gasteiger partial charge < -0.3 is 9.47 Å². The lowest BCUT2D eigenvalue weighted by Gasteiger charge is -2.20. The van der Waals surface area contributed by atoms with Gasteiger partial charge in [-0.3, -0.25) is 0 Å². The molecule has 3 aromatic rings. The summed E-state index contributed by atoms with van der Waals surface area (Å²) >= 11 is 1.66. The Balaban J connectivity index is 1.68. The summed E-state index contributed by atoms with van der Waals surface area (Å²) < 4.78 is 12.9. The summed E-state index contributed by atoms with van der Waals surface area (Å²) in [5, 5.41) is 14.6. The summed E-state index contributed by atoms with van der Waals surface area (Å²) in [5.74, 6) is 2.43. The molecule has 4 rings (SSSR count). The maximum Gasteiger partial charge on any atom is 0.213 e. The number of hydrogen-bond acceptors (Lipinski definition) is 6. The first kappa shape index (κ1) is 18.6. The van der Waals surface area contributed by atoms with Gasteiger partial charge in [0, 0.05) is 5.56 Å². The van der Waals surface area contributed by atoms with E-state index in [1.807, 2.05) is 67.1 Å². The van der Waals surface area contributed by atoms with E-state index in [2.05, 4.69) is 17.1 Å². The largest absolute Gasteiger partial charge is 0.494 e. The maximum atomic E-state index is 5.54. The van der Waals surface area contributed by atoms with Crippen LogP contribution in [0.15, 0.2) is 58.8 Å². The molecule has 28 heavy (non-hydrogen) atoms. The van der Waals surface area contributed by atoms with Gasteiger partial charge in [0.05, 0.1) is 24.2 Å². The van der Waals surface area contributed by atoms with Crippen molar-refractivity contribution in [2.75, 3.05) is 13.2 Å². The Morgan fingerprint density at radius 1 is 0.857 bits per heavy atom. The van der Waals surface area contributed by atoms with Gasteiger partial charge >= 0.3 is 0 Å². The minimum absolute atomic E-state index is 0.183. The fraction of sp³-hybridized carbons (Fsp3) is 0.286. The molecule has 2 aromatic carbocycles. The highest BCUT2D eigenvalue weighted by molar-refractivity contribution is 8.00. The quantitative estimate of drug-likeness (QED) is 0.616. The first-order valence-electron chi connectivity index (χ1n) is 9.37. The van der Waals surface area contributed by atoms with E-state index in [1.165, 1.54) is 0 Å². The maximum absolute atomic E-state index is 5.54. The van der Waals surface area contributed by atoms with Gasteiger partial charge in [-0.15, -0.1) is 10.2 Å². The third-order valence-electron chi connectivity index (χ3n) is 4.37. The number of rotatable bonds is 6. The lowest BCUT2D eigenvalue weighted by atomic mass is 10.1. The van der Waals surface area contributed by atoms with E-state index in [-0.39, 0.29) is 5.25 Å². The lowest BCUT2D eigenvalue weighted by molar-refractivity contribution is 0.340. The van der Waals surface area contributed by atoms with Crippen molar-refractivity contribution in [3.8, 4) is 22.9 Å². The van der Waals surface area contributed by atoms with Crippen molar-refractivity contribution in [3.63, 3.8) is 0 Å². The molecule has 0 saturated heterocycles. The van der Waals surface area contributed by atoms with Crippen molar-refractivity contribution in [3.05, 3.63) is 54.1 Å². The number of hydrogen-bond donors (Lipinski definition) is 0. The molecule has 0 unspecified atom stereocenters. The molecule has 1 aliphatic heterocycles.